The van der Waals surface area contributed by atoms with E-state index < -0.39 is 37.1 Å². The van der Waals surface area contributed by atoms with Crippen LogP contribution in [0.5, 0.6) is 11.5 Å². The van der Waals surface area contributed by atoms with Gasteiger partial charge in [0.2, 0.25) is 0 Å². The average Bonchev–Trinajstić information content (AvgIpc) is 2.80. The van der Waals surface area contributed by atoms with Crippen LogP contribution in [0.1, 0.15) is 22.8 Å². The maximum Gasteiger partial charge on any atom is 0.127 e. The van der Waals surface area contributed by atoms with Crippen LogP contribution in [0.25, 0.3) is 0 Å². The van der Waals surface area contributed by atoms with Gasteiger partial charge in [-0.2, -0.15) is 0 Å². The zero-order valence-corrected chi connectivity index (χ0v) is 16.9. The van der Waals surface area contributed by atoms with E-state index in [0.717, 1.165) is 22.6 Å². The molecule has 1 aliphatic rings. The van der Waals surface area contributed by atoms with Crippen LogP contribution in [-0.2, 0) is 11.2 Å². The molecular formula is C25H26O6. The topological polar surface area (TPSA) is 99.4 Å². The summed E-state index contributed by atoms with van der Waals surface area (Å²) >= 11 is 0. The Morgan fingerprint density at radius 3 is 2.13 bits per heavy atom. The minimum Gasteiger partial charge on any atom is -0.457 e. The van der Waals surface area contributed by atoms with Gasteiger partial charge in [-0.3, -0.25) is 0 Å². The Morgan fingerprint density at radius 2 is 1.42 bits per heavy atom. The number of rotatable bonds is 6. The highest BCUT2D eigenvalue weighted by Gasteiger charge is 2.43. The van der Waals surface area contributed by atoms with Crippen molar-refractivity contribution in [2.75, 3.05) is 6.61 Å². The van der Waals surface area contributed by atoms with Crippen LogP contribution < -0.4 is 4.74 Å². The van der Waals surface area contributed by atoms with Gasteiger partial charge >= 0.3 is 0 Å². The lowest BCUT2D eigenvalue weighted by molar-refractivity contribution is -0.231. The van der Waals surface area contributed by atoms with E-state index in [9.17, 15) is 20.4 Å². The van der Waals surface area contributed by atoms with Crippen molar-refractivity contribution in [2.45, 2.75) is 36.9 Å². The van der Waals surface area contributed by atoms with Gasteiger partial charge in [-0.25, -0.2) is 0 Å². The van der Waals surface area contributed by atoms with Crippen molar-refractivity contribution in [3.8, 4) is 11.5 Å². The van der Waals surface area contributed by atoms with Crippen molar-refractivity contribution in [3.63, 3.8) is 0 Å². The molecule has 5 atom stereocenters. The molecule has 3 aromatic carbocycles. The summed E-state index contributed by atoms with van der Waals surface area (Å²) in [7, 11) is 0. The first kappa shape index (κ1) is 21.5. The predicted octanol–water partition coefficient (Wildman–Crippen LogP) is 2.58. The molecule has 162 valence electrons. The minimum atomic E-state index is -1.39. The highest BCUT2D eigenvalue weighted by Crippen LogP contribution is 2.33. The second-order valence-electron chi connectivity index (χ2n) is 7.73. The smallest absolute Gasteiger partial charge is 0.127 e. The lowest BCUT2D eigenvalue weighted by atomic mass is 9.90. The Labute approximate surface area is 180 Å². The van der Waals surface area contributed by atoms with Crippen molar-refractivity contribution < 1.29 is 29.9 Å². The minimum absolute atomic E-state index is 0.446. The van der Waals surface area contributed by atoms with Gasteiger partial charge in [0.15, 0.2) is 0 Å². The summed E-state index contributed by atoms with van der Waals surface area (Å²) in [6.45, 7) is -0.446. The normalized spacial score (nSPS) is 25.9. The van der Waals surface area contributed by atoms with Crippen molar-refractivity contribution in [1.82, 2.24) is 0 Å². The third kappa shape index (κ3) is 4.95. The first-order valence-electron chi connectivity index (χ1n) is 10.3. The largest absolute Gasteiger partial charge is 0.457 e. The van der Waals surface area contributed by atoms with E-state index in [1.54, 1.807) is 6.07 Å². The average molecular weight is 422 g/mol. The third-order valence-electron chi connectivity index (χ3n) is 5.48. The summed E-state index contributed by atoms with van der Waals surface area (Å²) in [5.74, 6) is 1.53. The van der Waals surface area contributed by atoms with E-state index in [4.69, 9.17) is 9.47 Å². The molecular weight excluding hydrogens is 396 g/mol. The first-order valence-corrected chi connectivity index (χ1v) is 10.3. The fraction of sp³-hybridized carbons (Fsp3) is 0.280. The number of para-hydroxylation sites is 1. The second-order valence-corrected chi connectivity index (χ2v) is 7.73. The number of aliphatic hydroxyl groups is 4. The SMILES string of the molecule is OC[C@H]1O[C@@H](c2cccc(Cc3ccc(Oc4ccccc4)cc3)c2)[C@H](O)[C@@H](O)[C@@H]1O. The number of hydrogen-bond donors (Lipinski definition) is 4. The number of ether oxygens (including phenoxy) is 2. The monoisotopic (exact) mass is 422 g/mol. The number of aliphatic hydroxyl groups excluding tert-OH is 4. The zero-order valence-electron chi connectivity index (χ0n) is 16.9. The maximum atomic E-state index is 10.4. The fourth-order valence-corrected chi connectivity index (χ4v) is 3.79. The van der Waals surface area contributed by atoms with Crippen molar-refractivity contribution >= 4 is 0 Å². The van der Waals surface area contributed by atoms with Gasteiger partial charge in [0.25, 0.3) is 0 Å². The van der Waals surface area contributed by atoms with Gasteiger partial charge in [0, 0.05) is 0 Å². The molecule has 3 aromatic rings. The molecule has 0 aliphatic carbocycles. The van der Waals surface area contributed by atoms with Gasteiger partial charge in [0.1, 0.15) is 42.0 Å². The molecule has 6 nitrogen and oxygen atoms in total. The molecule has 0 amide bonds. The standard InChI is InChI=1S/C25H26O6/c26-15-21-22(27)23(28)24(29)25(31-21)18-6-4-5-17(14-18)13-16-9-11-20(12-10-16)30-19-7-2-1-3-8-19/h1-12,14,21-29H,13,15H2/t21-,22-,23+,24-,25+/m1/s1. The Morgan fingerprint density at radius 1 is 0.710 bits per heavy atom. The van der Waals surface area contributed by atoms with Crippen molar-refractivity contribution in [1.29, 1.82) is 0 Å². The zero-order chi connectivity index (χ0) is 21.8. The van der Waals surface area contributed by atoms with Crippen LogP contribution in [0.2, 0.25) is 0 Å². The van der Waals surface area contributed by atoms with E-state index in [2.05, 4.69) is 0 Å². The van der Waals surface area contributed by atoms with Crippen LogP contribution in [0.15, 0.2) is 78.9 Å². The Hall–Kier alpha value is -2.74. The van der Waals surface area contributed by atoms with Crippen molar-refractivity contribution in [3.05, 3.63) is 95.6 Å². The van der Waals surface area contributed by atoms with Gasteiger partial charge in [-0.15, -0.1) is 0 Å². The van der Waals surface area contributed by atoms with E-state index in [-0.39, 0.29) is 0 Å². The molecule has 0 aromatic heterocycles. The first-order chi connectivity index (χ1) is 15.0. The molecule has 4 N–H and O–H groups in total. The van der Waals surface area contributed by atoms with Crippen molar-refractivity contribution in [2.24, 2.45) is 0 Å². The predicted molar refractivity (Wildman–Crippen MR) is 115 cm³/mol. The number of hydrogen-bond acceptors (Lipinski definition) is 6. The molecule has 31 heavy (non-hydrogen) atoms. The van der Waals surface area contributed by atoms with Crippen LogP contribution in [0.3, 0.4) is 0 Å². The fourth-order valence-electron chi connectivity index (χ4n) is 3.79. The van der Waals surface area contributed by atoms with Gasteiger partial charge < -0.3 is 29.9 Å². The molecule has 1 fully saturated rings. The van der Waals surface area contributed by atoms with Crippen LogP contribution in [-0.4, -0.2) is 51.4 Å². The summed E-state index contributed by atoms with van der Waals surface area (Å²) < 4.78 is 11.5. The molecule has 1 aliphatic heterocycles. The quantitative estimate of drug-likeness (QED) is 0.487. The Balaban J connectivity index is 1.46. The lowest BCUT2D eigenvalue weighted by Crippen LogP contribution is -2.55. The maximum absolute atomic E-state index is 10.4. The van der Waals surface area contributed by atoms with Gasteiger partial charge in [0.05, 0.1) is 6.61 Å². The molecule has 0 saturated carbocycles. The van der Waals surface area contributed by atoms with E-state index in [1.807, 2.05) is 72.8 Å². The van der Waals surface area contributed by atoms with E-state index >= 15 is 0 Å². The molecule has 6 heteroatoms. The van der Waals surface area contributed by atoms with Crippen LogP contribution >= 0.6 is 0 Å². The summed E-state index contributed by atoms with van der Waals surface area (Å²) in [5, 5.41) is 39.8. The van der Waals surface area contributed by atoms with E-state index in [0.29, 0.717) is 12.0 Å². The molecule has 0 spiro atoms. The molecule has 1 saturated heterocycles. The highest BCUT2D eigenvalue weighted by atomic mass is 16.5. The van der Waals surface area contributed by atoms with E-state index in [1.165, 1.54) is 0 Å². The van der Waals surface area contributed by atoms with Gasteiger partial charge in [-0.05, 0) is 47.4 Å². The van der Waals surface area contributed by atoms with Crippen LogP contribution in [0.4, 0.5) is 0 Å². The summed E-state index contributed by atoms with van der Waals surface area (Å²) in [6, 6.07) is 25.0. The van der Waals surface area contributed by atoms with Crippen LogP contribution in [0, 0.1) is 0 Å². The molecule has 4 rings (SSSR count). The molecule has 1 heterocycles. The third-order valence-corrected chi connectivity index (χ3v) is 5.48. The Bertz CT molecular complexity index is 973. The summed E-state index contributed by atoms with van der Waals surface area (Å²) in [6.07, 6.45) is -5.15. The molecule has 0 radical (unpaired) electrons. The highest BCUT2D eigenvalue weighted by molar-refractivity contribution is 5.36. The second kappa shape index (κ2) is 9.60. The molecule has 0 unspecified atom stereocenters. The molecule has 0 bridgehead atoms. The lowest BCUT2D eigenvalue weighted by Gasteiger charge is -2.40. The van der Waals surface area contributed by atoms with Gasteiger partial charge in [-0.1, -0.05) is 54.6 Å². The summed E-state index contributed by atoms with van der Waals surface area (Å²) in [5.41, 5.74) is 2.77. The number of benzene rings is 3. The summed E-state index contributed by atoms with van der Waals surface area (Å²) in [4.78, 5) is 0. The Kier molecular flexibility index (Phi) is 6.65.